The summed E-state index contributed by atoms with van der Waals surface area (Å²) in [6.07, 6.45) is 0. The minimum atomic E-state index is -0.310. The van der Waals surface area contributed by atoms with Crippen LogP contribution in [0, 0.1) is 5.82 Å². The molecular weight excluding hydrogens is 199 g/mol. The highest BCUT2D eigenvalue weighted by atomic mass is 19.1. The Kier molecular flexibility index (Phi) is 4.52. The van der Waals surface area contributed by atoms with Crippen LogP contribution in [0.2, 0.25) is 0 Å². The first-order valence-corrected chi connectivity index (χ1v) is 4.56. The van der Waals surface area contributed by atoms with Crippen LogP contribution >= 0.6 is 0 Å². The Labute approximate surface area is 88.8 Å². The van der Waals surface area contributed by atoms with Crippen LogP contribution in [0.3, 0.4) is 0 Å². The van der Waals surface area contributed by atoms with Gasteiger partial charge in [0.2, 0.25) is 0 Å². The van der Waals surface area contributed by atoms with Crippen molar-refractivity contribution in [1.29, 1.82) is 0 Å². The number of methoxy groups -OCH3 is 3. The van der Waals surface area contributed by atoms with Gasteiger partial charge >= 0.3 is 0 Å². The van der Waals surface area contributed by atoms with Gasteiger partial charge in [-0.1, -0.05) is 0 Å². The second-order valence-electron chi connectivity index (χ2n) is 3.12. The van der Waals surface area contributed by atoms with Gasteiger partial charge in [0.1, 0.15) is 11.6 Å². The summed E-state index contributed by atoms with van der Waals surface area (Å²) in [5.74, 6) is 0.315. The number of hydrogen-bond donors (Lipinski definition) is 0. The molecule has 0 aliphatic heterocycles. The first-order chi connectivity index (χ1) is 7.22. The summed E-state index contributed by atoms with van der Waals surface area (Å²) in [6, 6.07) is 2.81. The maximum absolute atomic E-state index is 13.2. The Balaban J connectivity index is 3.12. The van der Waals surface area contributed by atoms with Crippen LogP contribution in [-0.2, 0) is 22.7 Å². The summed E-state index contributed by atoms with van der Waals surface area (Å²) >= 11 is 0. The first kappa shape index (κ1) is 11.9. The third-order valence-corrected chi connectivity index (χ3v) is 2.01. The molecular formula is C11H15FO3. The summed E-state index contributed by atoms with van der Waals surface area (Å²) in [5, 5.41) is 0. The third-order valence-electron chi connectivity index (χ3n) is 2.01. The lowest BCUT2D eigenvalue weighted by molar-refractivity contribution is 0.173. The molecule has 0 aliphatic rings. The van der Waals surface area contributed by atoms with Crippen molar-refractivity contribution in [3.8, 4) is 5.75 Å². The highest BCUT2D eigenvalue weighted by Gasteiger charge is 2.11. The number of halogens is 1. The molecule has 0 aromatic heterocycles. The highest BCUT2D eigenvalue weighted by molar-refractivity contribution is 5.41. The fourth-order valence-electron chi connectivity index (χ4n) is 1.50. The summed E-state index contributed by atoms with van der Waals surface area (Å²) in [7, 11) is 4.66. The largest absolute Gasteiger partial charge is 0.496 e. The van der Waals surface area contributed by atoms with Crippen molar-refractivity contribution in [2.45, 2.75) is 13.2 Å². The second-order valence-corrected chi connectivity index (χ2v) is 3.12. The van der Waals surface area contributed by atoms with Crippen molar-refractivity contribution in [1.82, 2.24) is 0 Å². The number of benzene rings is 1. The molecule has 0 unspecified atom stereocenters. The van der Waals surface area contributed by atoms with Gasteiger partial charge in [-0.25, -0.2) is 4.39 Å². The van der Waals surface area contributed by atoms with Crippen LogP contribution in [-0.4, -0.2) is 21.3 Å². The Bertz CT molecular complexity index is 299. The highest BCUT2D eigenvalue weighted by Crippen LogP contribution is 2.26. The van der Waals surface area contributed by atoms with Crippen LogP contribution < -0.4 is 4.74 Å². The molecule has 0 radical (unpaired) electrons. The molecule has 0 atom stereocenters. The van der Waals surface area contributed by atoms with Crippen LogP contribution in [0.15, 0.2) is 12.1 Å². The van der Waals surface area contributed by atoms with Gasteiger partial charge in [0.15, 0.2) is 0 Å². The van der Waals surface area contributed by atoms with Crippen LogP contribution in [0.1, 0.15) is 11.1 Å². The van der Waals surface area contributed by atoms with E-state index in [1.807, 2.05) is 0 Å². The zero-order chi connectivity index (χ0) is 11.3. The van der Waals surface area contributed by atoms with Crippen molar-refractivity contribution in [3.05, 3.63) is 29.1 Å². The Morgan fingerprint density at radius 3 is 1.80 bits per heavy atom. The average Bonchev–Trinajstić information content (AvgIpc) is 2.18. The summed E-state index contributed by atoms with van der Waals surface area (Å²) in [6.45, 7) is 0.634. The van der Waals surface area contributed by atoms with E-state index in [4.69, 9.17) is 14.2 Å². The smallest absolute Gasteiger partial charge is 0.130 e. The Morgan fingerprint density at radius 1 is 1.00 bits per heavy atom. The molecule has 0 saturated heterocycles. The first-order valence-electron chi connectivity index (χ1n) is 4.56. The molecule has 1 aromatic carbocycles. The zero-order valence-corrected chi connectivity index (χ0v) is 9.17. The van der Waals surface area contributed by atoms with Gasteiger partial charge in [-0.05, 0) is 12.1 Å². The number of rotatable bonds is 5. The standard InChI is InChI=1S/C11H15FO3/c1-13-6-8-4-10(12)5-9(7-14-2)11(8)15-3/h4-5H,6-7H2,1-3H3. The quantitative estimate of drug-likeness (QED) is 0.751. The van der Waals surface area contributed by atoms with E-state index < -0.39 is 0 Å². The summed E-state index contributed by atoms with van der Waals surface area (Å²) in [4.78, 5) is 0. The van der Waals surface area contributed by atoms with E-state index in [9.17, 15) is 4.39 Å². The van der Waals surface area contributed by atoms with Crippen molar-refractivity contribution >= 4 is 0 Å². The van der Waals surface area contributed by atoms with Crippen LogP contribution in [0.25, 0.3) is 0 Å². The van der Waals surface area contributed by atoms with Gasteiger partial charge in [0.25, 0.3) is 0 Å². The van der Waals surface area contributed by atoms with Crippen molar-refractivity contribution in [3.63, 3.8) is 0 Å². The predicted octanol–water partition coefficient (Wildman–Crippen LogP) is 2.13. The van der Waals surface area contributed by atoms with Gasteiger partial charge in [-0.15, -0.1) is 0 Å². The molecule has 3 nitrogen and oxygen atoms in total. The molecule has 1 rings (SSSR count). The molecule has 0 amide bonds. The third kappa shape index (κ3) is 2.91. The molecule has 0 heterocycles. The van der Waals surface area contributed by atoms with E-state index in [2.05, 4.69) is 0 Å². The number of ether oxygens (including phenoxy) is 3. The zero-order valence-electron chi connectivity index (χ0n) is 9.17. The topological polar surface area (TPSA) is 27.7 Å². The minimum Gasteiger partial charge on any atom is -0.496 e. The molecule has 0 spiro atoms. The van der Waals surface area contributed by atoms with E-state index in [-0.39, 0.29) is 5.82 Å². The predicted molar refractivity (Wildman–Crippen MR) is 54.4 cm³/mol. The lowest BCUT2D eigenvalue weighted by Gasteiger charge is -2.13. The SMILES string of the molecule is COCc1cc(F)cc(COC)c1OC. The van der Waals surface area contributed by atoms with E-state index in [1.54, 1.807) is 21.3 Å². The second kappa shape index (κ2) is 5.68. The van der Waals surface area contributed by atoms with Crippen LogP contribution in [0.4, 0.5) is 4.39 Å². The Hall–Kier alpha value is -1.13. The average molecular weight is 214 g/mol. The van der Waals surface area contributed by atoms with E-state index >= 15 is 0 Å². The lowest BCUT2D eigenvalue weighted by atomic mass is 10.1. The van der Waals surface area contributed by atoms with Gasteiger partial charge < -0.3 is 14.2 Å². The van der Waals surface area contributed by atoms with Crippen LogP contribution in [0.5, 0.6) is 5.75 Å². The fraction of sp³-hybridized carbons (Fsp3) is 0.455. The molecule has 0 bridgehead atoms. The van der Waals surface area contributed by atoms with Gasteiger partial charge in [0.05, 0.1) is 20.3 Å². The number of hydrogen-bond acceptors (Lipinski definition) is 3. The lowest BCUT2D eigenvalue weighted by Crippen LogP contribution is -2.01. The van der Waals surface area contributed by atoms with Gasteiger partial charge in [-0.3, -0.25) is 0 Å². The molecule has 4 heteroatoms. The van der Waals surface area contributed by atoms with E-state index in [0.29, 0.717) is 30.1 Å². The molecule has 0 N–H and O–H groups in total. The molecule has 0 aliphatic carbocycles. The van der Waals surface area contributed by atoms with Crippen molar-refractivity contribution in [2.24, 2.45) is 0 Å². The maximum Gasteiger partial charge on any atom is 0.130 e. The fourth-order valence-corrected chi connectivity index (χ4v) is 1.50. The molecule has 1 aromatic rings. The van der Waals surface area contributed by atoms with E-state index in [1.165, 1.54) is 12.1 Å². The Morgan fingerprint density at radius 2 is 1.47 bits per heavy atom. The summed E-state index contributed by atoms with van der Waals surface area (Å²) < 4.78 is 28.4. The summed E-state index contributed by atoms with van der Waals surface area (Å²) in [5.41, 5.74) is 1.37. The van der Waals surface area contributed by atoms with E-state index in [0.717, 1.165) is 0 Å². The maximum atomic E-state index is 13.2. The molecule has 84 valence electrons. The monoisotopic (exact) mass is 214 g/mol. The van der Waals surface area contributed by atoms with Crippen molar-refractivity contribution < 1.29 is 18.6 Å². The molecule has 0 saturated carbocycles. The van der Waals surface area contributed by atoms with Gasteiger partial charge in [0, 0.05) is 25.3 Å². The molecule has 0 fully saturated rings. The minimum absolute atomic E-state index is 0.310. The van der Waals surface area contributed by atoms with Gasteiger partial charge in [-0.2, -0.15) is 0 Å². The van der Waals surface area contributed by atoms with Crippen molar-refractivity contribution in [2.75, 3.05) is 21.3 Å². The normalized spacial score (nSPS) is 10.4. The molecule has 15 heavy (non-hydrogen) atoms.